The molecule has 0 radical (unpaired) electrons. The van der Waals surface area contributed by atoms with Crippen LogP contribution in [-0.2, 0) is 0 Å². The minimum absolute atomic E-state index is 0.258. The highest BCUT2D eigenvalue weighted by Gasteiger charge is 2.24. The molecule has 2 rings (SSSR count). The normalized spacial score (nSPS) is 14.5. The monoisotopic (exact) mass is 251 g/mol. The Morgan fingerprint density at radius 2 is 2.00 bits per heavy atom. The standard InChI is InChI=1S/C13H14FNOS/c14-11-5-2-1-4-9(11)13(16)10(8-15)12-6-3-7-17-12/h1-7,10,13,16H,8,15H2. The van der Waals surface area contributed by atoms with E-state index in [-0.39, 0.29) is 12.5 Å². The van der Waals surface area contributed by atoms with Crippen molar-refractivity contribution in [2.45, 2.75) is 12.0 Å². The van der Waals surface area contributed by atoms with E-state index in [1.807, 2.05) is 17.5 Å². The van der Waals surface area contributed by atoms with E-state index in [4.69, 9.17) is 5.73 Å². The number of thiophene rings is 1. The highest BCUT2D eigenvalue weighted by Crippen LogP contribution is 2.33. The van der Waals surface area contributed by atoms with Gasteiger partial charge in [0.2, 0.25) is 0 Å². The van der Waals surface area contributed by atoms with Crippen molar-refractivity contribution in [3.63, 3.8) is 0 Å². The van der Waals surface area contributed by atoms with Gasteiger partial charge in [0.15, 0.2) is 0 Å². The van der Waals surface area contributed by atoms with Gasteiger partial charge in [0.25, 0.3) is 0 Å². The Balaban J connectivity index is 2.30. The van der Waals surface area contributed by atoms with Gasteiger partial charge in [0.05, 0.1) is 6.10 Å². The molecule has 0 aliphatic heterocycles. The lowest BCUT2D eigenvalue weighted by Crippen LogP contribution is -2.20. The molecular weight excluding hydrogens is 237 g/mol. The first-order chi connectivity index (χ1) is 8.24. The predicted molar refractivity (Wildman–Crippen MR) is 67.5 cm³/mol. The summed E-state index contributed by atoms with van der Waals surface area (Å²) in [6, 6.07) is 10.1. The average Bonchev–Trinajstić information content (AvgIpc) is 2.84. The van der Waals surface area contributed by atoms with Gasteiger partial charge in [-0.25, -0.2) is 4.39 Å². The van der Waals surface area contributed by atoms with Crippen molar-refractivity contribution in [3.8, 4) is 0 Å². The molecular formula is C13H14FNOS. The molecule has 2 atom stereocenters. The van der Waals surface area contributed by atoms with Crippen molar-refractivity contribution < 1.29 is 9.50 Å². The van der Waals surface area contributed by atoms with E-state index < -0.39 is 11.9 Å². The van der Waals surface area contributed by atoms with Crippen LogP contribution in [0.3, 0.4) is 0 Å². The fourth-order valence-electron chi connectivity index (χ4n) is 1.83. The van der Waals surface area contributed by atoms with E-state index in [9.17, 15) is 9.50 Å². The largest absolute Gasteiger partial charge is 0.388 e. The number of nitrogens with two attached hydrogens (primary N) is 1. The lowest BCUT2D eigenvalue weighted by Gasteiger charge is -2.21. The van der Waals surface area contributed by atoms with Crippen LogP contribution in [0.1, 0.15) is 22.5 Å². The van der Waals surface area contributed by atoms with Crippen molar-refractivity contribution in [1.29, 1.82) is 0 Å². The Labute approximate surface area is 104 Å². The van der Waals surface area contributed by atoms with Crippen LogP contribution >= 0.6 is 11.3 Å². The van der Waals surface area contributed by atoms with E-state index in [1.54, 1.807) is 18.2 Å². The Morgan fingerprint density at radius 1 is 1.24 bits per heavy atom. The molecule has 4 heteroatoms. The summed E-state index contributed by atoms with van der Waals surface area (Å²) in [7, 11) is 0. The number of hydrogen-bond acceptors (Lipinski definition) is 3. The molecule has 17 heavy (non-hydrogen) atoms. The molecule has 0 bridgehead atoms. The summed E-state index contributed by atoms with van der Waals surface area (Å²) in [4.78, 5) is 0.975. The molecule has 0 aliphatic rings. The van der Waals surface area contributed by atoms with Crippen LogP contribution in [0.4, 0.5) is 4.39 Å². The molecule has 2 nitrogen and oxygen atoms in total. The number of hydrogen-bond donors (Lipinski definition) is 2. The highest BCUT2D eigenvalue weighted by molar-refractivity contribution is 7.10. The summed E-state index contributed by atoms with van der Waals surface area (Å²) in [5, 5.41) is 12.1. The second kappa shape index (κ2) is 5.40. The van der Waals surface area contributed by atoms with Gasteiger partial charge < -0.3 is 10.8 Å². The van der Waals surface area contributed by atoms with Gasteiger partial charge >= 0.3 is 0 Å². The molecule has 1 aromatic heterocycles. The summed E-state index contributed by atoms with van der Waals surface area (Å²) in [5.74, 6) is -0.651. The second-order valence-electron chi connectivity index (χ2n) is 3.82. The molecule has 1 heterocycles. The molecule has 1 aromatic carbocycles. The molecule has 0 saturated carbocycles. The van der Waals surface area contributed by atoms with Crippen molar-refractivity contribution >= 4 is 11.3 Å². The summed E-state index contributed by atoms with van der Waals surface area (Å²) in [6.07, 6.45) is -0.903. The zero-order chi connectivity index (χ0) is 12.3. The number of aliphatic hydroxyl groups excluding tert-OH is 1. The van der Waals surface area contributed by atoms with Crippen LogP contribution in [0.5, 0.6) is 0 Å². The van der Waals surface area contributed by atoms with Gasteiger partial charge in [0.1, 0.15) is 5.82 Å². The lowest BCUT2D eigenvalue weighted by molar-refractivity contribution is 0.144. The molecule has 0 fully saturated rings. The minimum atomic E-state index is -0.903. The second-order valence-corrected chi connectivity index (χ2v) is 4.80. The molecule has 0 saturated heterocycles. The Bertz CT molecular complexity index is 472. The Kier molecular flexibility index (Phi) is 3.89. The summed E-state index contributed by atoms with van der Waals surface area (Å²) in [6.45, 7) is 0.288. The Morgan fingerprint density at radius 3 is 2.59 bits per heavy atom. The fourth-order valence-corrected chi connectivity index (χ4v) is 2.71. The van der Waals surface area contributed by atoms with Gasteiger partial charge in [-0.3, -0.25) is 0 Å². The van der Waals surface area contributed by atoms with Crippen LogP contribution in [0, 0.1) is 5.82 Å². The van der Waals surface area contributed by atoms with E-state index in [1.165, 1.54) is 17.4 Å². The third kappa shape index (κ3) is 2.54. The van der Waals surface area contributed by atoms with Crippen molar-refractivity contribution in [1.82, 2.24) is 0 Å². The summed E-state index contributed by atoms with van der Waals surface area (Å²) in [5.41, 5.74) is 5.98. The zero-order valence-electron chi connectivity index (χ0n) is 9.21. The molecule has 0 aliphatic carbocycles. The summed E-state index contributed by atoms with van der Waals surface area (Å²) >= 11 is 1.52. The smallest absolute Gasteiger partial charge is 0.129 e. The van der Waals surface area contributed by atoms with E-state index in [2.05, 4.69) is 0 Å². The average molecular weight is 251 g/mol. The first-order valence-electron chi connectivity index (χ1n) is 5.40. The number of benzene rings is 1. The third-order valence-electron chi connectivity index (χ3n) is 2.77. The van der Waals surface area contributed by atoms with E-state index in [0.29, 0.717) is 5.56 Å². The van der Waals surface area contributed by atoms with Gasteiger partial charge in [0, 0.05) is 22.9 Å². The van der Waals surface area contributed by atoms with Crippen LogP contribution in [0.25, 0.3) is 0 Å². The third-order valence-corrected chi connectivity index (χ3v) is 3.77. The maximum absolute atomic E-state index is 13.6. The first-order valence-corrected chi connectivity index (χ1v) is 6.28. The van der Waals surface area contributed by atoms with Crippen LogP contribution < -0.4 is 5.73 Å². The lowest BCUT2D eigenvalue weighted by atomic mass is 9.94. The first kappa shape index (κ1) is 12.2. The minimum Gasteiger partial charge on any atom is -0.388 e. The summed E-state index contributed by atoms with van der Waals surface area (Å²) < 4.78 is 13.6. The SMILES string of the molecule is NCC(c1cccs1)C(O)c1ccccc1F. The van der Waals surface area contributed by atoms with E-state index >= 15 is 0 Å². The predicted octanol–water partition coefficient (Wildman–Crippen LogP) is 2.66. The molecule has 3 N–H and O–H groups in total. The van der Waals surface area contributed by atoms with Crippen molar-refractivity contribution in [2.24, 2.45) is 5.73 Å². The van der Waals surface area contributed by atoms with Crippen LogP contribution in [-0.4, -0.2) is 11.7 Å². The number of halogens is 1. The molecule has 2 unspecified atom stereocenters. The van der Waals surface area contributed by atoms with Gasteiger partial charge in [-0.05, 0) is 17.5 Å². The van der Waals surface area contributed by atoms with E-state index in [0.717, 1.165) is 4.88 Å². The quantitative estimate of drug-likeness (QED) is 0.877. The topological polar surface area (TPSA) is 46.2 Å². The molecule has 2 aromatic rings. The molecule has 0 spiro atoms. The fraction of sp³-hybridized carbons (Fsp3) is 0.231. The maximum atomic E-state index is 13.6. The van der Waals surface area contributed by atoms with Gasteiger partial charge in [-0.2, -0.15) is 0 Å². The van der Waals surface area contributed by atoms with Crippen molar-refractivity contribution in [2.75, 3.05) is 6.54 Å². The van der Waals surface area contributed by atoms with Gasteiger partial charge in [-0.1, -0.05) is 24.3 Å². The van der Waals surface area contributed by atoms with Crippen molar-refractivity contribution in [3.05, 3.63) is 58.0 Å². The zero-order valence-corrected chi connectivity index (χ0v) is 10.0. The van der Waals surface area contributed by atoms with Gasteiger partial charge in [-0.15, -0.1) is 11.3 Å². The number of aliphatic hydroxyl groups is 1. The molecule has 0 amide bonds. The molecule has 90 valence electrons. The van der Waals surface area contributed by atoms with Crippen LogP contribution in [0.2, 0.25) is 0 Å². The maximum Gasteiger partial charge on any atom is 0.129 e. The highest BCUT2D eigenvalue weighted by atomic mass is 32.1. The number of rotatable bonds is 4. The van der Waals surface area contributed by atoms with Crippen LogP contribution in [0.15, 0.2) is 41.8 Å². The Hall–Kier alpha value is -1.23.